The normalized spacial score (nSPS) is 10.4. The molecule has 1 aromatic heterocycles. The predicted molar refractivity (Wildman–Crippen MR) is 75.1 cm³/mol. The van der Waals surface area contributed by atoms with Gasteiger partial charge in [0.2, 0.25) is 0 Å². The minimum Gasteiger partial charge on any atom is -0.456 e. The Morgan fingerprint density at radius 3 is 2.75 bits per heavy atom. The molecule has 0 aliphatic heterocycles. The number of nitrogens with zero attached hydrogens (tertiary/aromatic N) is 2. The molecule has 4 nitrogen and oxygen atoms in total. The van der Waals surface area contributed by atoms with Crippen molar-refractivity contribution in [3.63, 3.8) is 0 Å². The highest BCUT2D eigenvalue weighted by atomic mass is 16.5. The van der Waals surface area contributed by atoms with E-state index >= 15 is 0 Å². The van der Waals surface area contributed by atoms with Gasteiger partial charge in [-0.05, 0) is 16.3 Å². The summed E-state index contributed by atoms with van der Waals surface area (Å²) in [5, 5.41) is 2.21. The SMILES string of the molecule is O=C(OCc1cccc2ccccc12)c1cnccn1. The topological polar surface area (TPSA) is 52.1 Å². The van der Waals surface area contributed by atoms with Gasteiger partial charge < -0.3 is 4.74 Å². The van der Waals surface area contributed by atoms with Gasteiger partial charge in [0.25, 0.3) is 0 Å². The highest BCUT2D eigenvalue weighted by Crippen LogP contribution is 2.19. The fourth-order valence-corrected chi connectivity index (χ4v) is 2.04. The van der Waals surface area contributed by atoms with E-state index in [0.717, 1.165) is 16.3 Å². The quantitative estimate of drug-likeness (QED) is 0.682. The van der Waals surface area contributed by atoms with E-state index in [2.05, 4.69) is 9.97 Å². The van der Waals surface area contributed by atoms with Gasteiger partial charge in [-0.3, -0.25) is 4.98 Å². The number of rotatable bonds is 3. The van der Waals surface area contributed by atoms with Crippen LogP contribution in [0, 0.1) is 0 Å². The van der Waals surface area contributed by atoms with Crippen molar-refractivity contribution in [3.05, 3.63) is 72.3 Å². The first kappa shape index (κ1) is 12.3. The van der Waals surface area contributed by atoms with Crippen molar-refractivity contribution in [3.8, 4) is 0 Å². The maximum absolute atomic E-state index is 11.8. The van der Waals surface area contributed by atoms with Crippen molar-refractivity contribution in [2.24, 2.45) is 0 Å². The van der Waals surface area contributed by atoms with Gasteiger partial charge in [-0.25, -0.2) is 9.78 Å². The zero-order valence-corrected chi connectivity index (χ0v) is 10.7. The summed E-state index contributed by atoms with van der Waals surface area (Å²) in [6.45, 7) is 0.219. The first-order chi connectivity index (χ1) is 9.84. The number of carbonyl (C=O) groups is 1. The molecule has 0 unspecified atom stereocenters. The summed E-state index contributed by atoms with van der Waals surface area (Å²) in [5.74, 6) is -0.467. The van der Waals surface area contributed by atoms with Crippen LogP contribution < -0.4 is 0 Å². The summed E-state index contributed by atoms with van der Waals surface area (Å²) >= 11 is 0. The fraction of sp³-hybridized carbons (Fsp3) is 0.0625. The second kappa shape index (κ2) is 5.48. The molecule has 0 bridgehead atoms. The number of esters is 1. The maximum atomic E-state index is 11.8. The molecule has 0 radical (unpaired) electrons. The second-order valence-corrected chi connectivity index (χ2v) is 4.31. The van der Waals surface area contributed by atoms with E-state index in [-0.39, 0.29) is 12.3 Å². The summed E-state index contributed by atoms with van der Waals surface area (Å²) in [6.07, 6.45) is 4.38. The van der Waals surface area contributed by atoms with Crippen LogP contribution >= 0.6 is 0 Å². The maximum Gasteiger partial charge on any atom is 0.358 e. The second-order valence-electron chi connectivity index (χ2n) is 4.31. The Labute approximate surface area is 116 Å². The smallest absolute Gasteiger partial charge is 0.358 e. The lowest BCUT2D eigenvalue weighted by atomic mass is 10.1. The molecule has 0 aliphatic rings. The lowest BCUT2D eigenvalue weighted by Gasteiger charge is -2.07. The third kappa shape index (κ3) is 2.49. The Hall–Kier alpha value is -2.75. The van der Waals surface area contributed by atoms with Crippen LogP contribution in [0.5, 0.6) is 0 Å². The van der Waals surface area contributed by atoms with Gasteiger partial charge in [0.1, 0.15) is 6.61 Å². The summed E-state index contributed by atoms with van der Waals surface area (Å²) in [5.41, 5.74) is 1.19. The molecule has 0 atom stereocenters. The number of aromatic nitrogens is 2. The van der Waals surface area contributed by atoms with Crippen LogP contribution in [0.15, 0.2) is 61.1 Å². The molecule has 98 valence electrons. The van der Waals surface area contributed by atoms with Crippen LogP contribution in [0.4, 0.5) is 0 Å². The number of ether oxygens (including phenoxy) is 1. The minimum absolute atomic E-state index is 0.215. The predicted octanol–water partition coefficient (Wildman–Crippen LogP) is 2.99. The average Bonchev–Trinajstić information content (AvgIpc) is 2.53. The van der Waals surface area contributed by atoms with Crippen LogP contribution in [0.3, 0.4) is 0 Å². The van der Waals surface area contributed by atoms with Crippen molar-refractivity contribution in [2.75, 3.05) is 0 Å². The number of hydrogen-bond acceptors (Lipinski definition) is 4. The first-order valence-electron chi connectivity index (χ1n) is 6.24. The van der Waals surface area contributed by atoms with Gasteiger partial charge >= 0.3 is 5.97 Å². The van der Waals surface area contributed by atoms with Gasteiger partial charge in [0.05, 0.1) is 6.20 Å². The molecule has 20 heavy (non-hydrogen) atoms. The largest absolute Gasteiger partial charge is 0.456 e. The van der Waals surface area contributed by atoms with E-state index in [4.69, 9.17) is 4.74 Å². The number of hydrogen-bond donors (Lipinski definition) is 0. The van der Waals surface area contributed by atoms with E-state index in [1.165, 1.54) is 18.6 Å². The van der Waals surface area contributed by atoms with Crippen molar-refractivity contribution in [1.82, 2.24) is 9.97 Å². The molecule has 3 aromatic rings. The van der Waals surface area contributed by atoms with E-state index < -0.39 is 5.97 Å². The van der Waals surface area contributed by atoms with Crippen molar-refractivity contribution < 1.29 is 9.53 Å². The Balaban J connectivity index is 1.79. The summed E-state index contributed by atoms with van der Waals surface area (Å²) in [6, 6.07) is 13.9. The molecule has 0 fully saturated rings. The molecule has 0 aliphatic carbocycles. The molecule has 1 heterocycles. The Bertz CT molecular complexity index is 736. The summed E-state index contributed by atoms with van der Waals surface area (Å²) in [7, 11) is 0. The molecule has 0 saturated heterocycles. The monoisotopic (exact) mass is 264 g/mol. The van der Waals surface area contributed by atoms with Gasteiger partial charge in [-0.1, -0.05) is 42.5 Å². The zero-order valence-electron chi connectivity index (χ0n) is 10.7. The third-order valence-electron chi connectivity index (χ3n) is 3.01. The molecule has 2 aromatic carbocycles. The molecular formula is C16H12N2O2. The molecule has 0 N–H and O–H groups in total. The van der Waals surface area contributed by atoms with Crippen molar-refractivity contribution in [1.29, 1.82) is 0 Å². The fourth-order valence-electron chi connectivity index (χ4n) is 2.04. The summed E-state index contributed by atoms with van der Waals surface area (Å²) in [4.78, 5) is 19.6. The van der Waals surface area contributed by atoms with E-state index in [9.17, 15) is 4.79 Å². The Morgan fingerprint density at radius 2 is 1.90 bits per heavy atom. The van der Waals surface area contributed by atoms with Crippen LogP contribution in [0.25, 0.3) is 10.8 Å². The molecule has 3 rings (SSSR count). The van der Waals surface area contributed by atoms with Gasteiger partial charge in [-0.2, -0.15) is 0 Å². The number of benzene rings is 2. The highest BCUT2D eigenvalue weighted by Gasteiger charge is 2.09. The van der Waals surface area contributed by atoms with Crippen LogP contribution in [0.1, 0.15) is 16.1 Å². The Kier molecular flexibility index (Phi) is 3.37. The van der Waals surface area contributed by atoms with Crippen molar-refractivity contribution in [2.45, 2.75) is 6.61 Å². The molecule has 0 saturated carbocycles. The minimum atomic E-state index is -0.467. The number of carbonyl (C=O) groups excluding carboxylic acids is 1. The molecular weight excluding hydrogens is 252 g/mol. The van der Waals surface area contributed by atoms with Crippen LogP contribution in [-0.2, 0) is 11.3 Å². The van der Waals surface area contributed by atoms with Crippen LogP contribution in [-0.4, -0.2) is 15.9 Å². The standard InChI is InChI=1S/C16H12N2O2/c19-16(15-10-17-8-9-18-15)20-11-13-6-3-5-12-4-1-2-7-14(12)13/h1-10H,11H2. The van der Waals surface area contributed by atoms with Gasteiger partial charge in [0.15, 0.2) is 5.69 Å². The average molecular weight is 264 g/mol. The zero-order chi connectivity index (χ0) is 13.8. The molecule has 4 heteroatoms. The van der Waals surface area contributed by atoms with Crippen LogP contribution in [0.2, 0.25) is 0 Å². The number of fused-ring (bicyclic) bond motifs is 1. The molecule has 0 amide bonds. The first-order valence-corrected chi connectivity index (χ1v) is 6.24. The van der Waals surface area contributed by atoms with Crippen molar-refractivity contribution >= 4 is 16.7 Å². The van der Waals surface area contributed by atoms with Gasteiger partial charge in [-0.15, -0.1) is 0 Å². The lowest BCUT2D eigenvalue weighted by Crippen LogP contribution is -2.07. The van der Waals surface area contributed by atoms with E-state index in [0.29, 0.717) is 0 Å². The third-order valence-corrected chi connectivity index (χ3v) is 3.01. The van der Waals surface area contributed by atoms with E-state index in [1.54, 1.807) is 0 Å². The molecule has 0 spiro atoms. The highest BCUT2D eigenvalue weighted by molar-refractivity contribution is 5.88. The van der Waals surface area contributed by atoms with Gasteiger partial charge in [0, 0.05) is 12.4 Å². The Morgan fingerprint density at radius 1 is 1.05 bits per heavy atom. The summed E-state index contributed by atoms with van der Waals surface area (Å²) < 4.78 is 5.28. The van der Waals surface area contributed by atoms with E-state index in [1.807, 2.05) is 42.5 Å². The lowest BCUT2D eigenvalue weighted by molar-refractivity contribution is 0.0467.